The molecular weight excluding hydrogens is 507 g/mol. The van der Waals surface area contributed by atoms with Gasteiger partial charge in [-0.25, -0.2) is 4.98 Å². The summed E-state index contributed by atoms with van der Waals surface area (Å²) in [6.07, 6.45) is -4.78. The van der Waals surface area contributed by atoms with Gasteiger partial charge in [0.05, 0.1) is 23.4 Å². The van der Waals surface area contributed by atoms with Gasteiger partial charge in [-0.2, -0.15) is 0 Å². The Morgan fingerprint density at radius 3 is 2.66 bits per heavy atom. The number of aryl methyl sites for hydroxylation is 1. The van der Waals surface area contributed by atoms with Gasteiger partial charge >= 0.3 is 6.36 Å². The van der Waals surface area contributed by atoms with E-state index in [1.807, 2.05) is 25.1 Å². The van der Waals surface area contributed by atoms with Gasteiger partial charge in [0.2, 0.25) is 0 Å². The maximum absolute atomic E-state index is 13.2. The van der Waals surface area contributed by atoms with Gasteiger partial charge in [0, 0.05) is 32.2 Å². The number of thiazole rings is 1. The minimum atomic E-state index is -4.78. The Morgan fingerprint density at radius 1 is 1.20 bits per heavy atom. The number of halogens is 4. The summed E-state index contributed by atoms with van der Waals surface area (Å²) in [5.41, 5.74) is 1.39. The number of hydrogen-bond donors (Lipinski definition) is 0. The first-order valence-electron chi connectivity index (χ1n) is 10.7. The third-order valence-electron chi connectivity index (χ3n) is 5.30. The van der Waals surface area contributed by atoms with Gasteiger partial charge in [-0.15, -0.1) is 25.6 Å². The molecule has 1 saturated heterocycles. The summed E-state index contributed by atoms with van der Waals surface area (Å²) in [7, 11) is 0. The number of amides is 1. The van der Waals surface area contributed by atoms with Crippen LogP contribution in [0.5, 0.6) is 11.5 Å². The number of para-hydroxylation sites is 1. The van der Waals surface area contributed by atoms with E-state index >= 15 is 0 Å². The third-order valence-corrected chi connectivity index (χ3v) is 6.34. The van der Waals surface area contributed by atoms with Crippen LogP contribution in [0.4, 0.5) is 18.3 Å². The SMILES string of the molecule is Cc1ccccc1OCC(=O)N(CCN1CCOCC1)c1nc2ccc(OC(F)(F)F)cc2s1.Cl. The summed E-state index contributed by atoms with van der Waals surface area (Å²) in [5.74, 6) is -0.00571. The standard InChI is InChI=1S/C23H24F3N3O4S.ClH/c1-16-4-2-3-5-19(16)32-15-21(30)29(9-8-28-10-12-31-13-11-28)22-27-18-7-6-17(14-20(18)34-22)33-23(24,25)26;/h2-7,14H,8-13,15H2,1H3;1H. The summed E-state index contributed by atoms with van der Waals surface area (Å²) >= 11 is 1.13. The van der Waals surface area contributed by atoms with Crippen LogP contribution in [0.2, 0.25) is 0 Å². The fraction of sp³-hybridized carbons (Fsp3) is 0.391. The topological polar surface area (TPSA) is 64.1 Å². The van der Waals surface area contributed by atoms with E-state index in [-0.39, 0.29) is 30.7 Å². The second-order valence-corrected chi connectivity index (χ2v) is 8.74. The summed E-state index contributed by atoms with van der Waals surface area (Å²) in [6.45, 7) is 5.47. The number of ether oxygens (including phenoxy) is 3. The van der Waals surface area contributed by atoms with Crippen molar-refractivity contribution in [3.8, 4) is 11.5 Å². The first-order valence-corrected chi connectivity index (χ1v) is 11.6. The maximum Gasteiger partial charge on any atom is 0.573 e. The number of morpholine rings is 1. The van der Waals surface area contributed by atoms with Crippen LogP contribution in [0.3, 0.4) is 0 Å². The number of rotatable bonds is 8. The van der Waals surface area contributed by atoms with Crippen LogP contribution in [-0.4, -0.2) is 68.2 Å². The lowest BCUT2D eigenvalue weighted by molar-refractivity contribution is -0.274. The molecule has 3 aromatic rings. The molecule has 12 heteroatoms. The average molecular weight is 532 g/mol. The van der Waals surface area contributed by atoms with Crippen LogP contribution in [0.25, 0.3) is 10.2 Å². The zero-order chi connectivity index (χ0) is 24.1. The molecule has 35 heavy (non-hydrogen) atoms. The molecule has 0 spiro atoms. The maximum atomic E-state index is 13.2. The minimum Gasteiger partial charge on any atom is -0.483 e. The minimum absolute atomic E-state index is 0. The number of carbonyl (C=O) groups excluding carboxylic acids is 1. The highest BCUT2D eigenvalue weighted by molar-refractivity contribution is 7.22. The number of hydrogen-bond acceptors (Lipinski definition) is 7. The quantitative estimate of drug-likeness (QED) is 0.421. The molecule has 1 amide bonds. The van der Waals surface area contributed by atoms with E-state index in [9.17, 15) is 18.0 Å². The highest BCUT2D eigenvalue weighted by Gasteiger charge is 2.31. The van der Waals surface area contributed by atoms with E-state index in [1.165, 1.54) is 23.1 Å². The molecule has 1 aliphatic rings. The largest absolute Gasteiger partial charge is 0.573 e. The first kappa shape index (κ1) is 27.0. The number of aromatic nitrogens is 1. The molecule has 2 aromatic carbocycles. The van der Waals surface area contributed by atoms with Gasteiger partial charge in [0.1, 0.15) is 11.5 Å². The van der Waals surface area contributed by atoms with Crippen molar-refractivity contribution in [3.63, 3.8) is 0 Å². The number of anilines is 1. The lowest BCUT2D eigenvalue weighted by Crippen LogP contribution is -2.44. The van der Waals surface area contributed by atoms with Crippen molar-refractivity contribution in [1.29, 1.82) is 0 Å². The fourth-order valence-electron chi connectivity index (χ4n) is 3.53. The van der Waals surface area contributed by atoms with Crippen LogP contribution in [-0.2, 0) is 9.53 Å². The number of carbonyl (C=O) groups is 1. The van der Waals surface area contributed by atoms with Crippen molar-refractivity contribution >= 4 is 45.0 Å². The van der Waals surface area contributed by atoms with Crippen molar-refractivity contribution in [2.45, 2.75) is 13.3 Å². The lowest BCUT2D eigenvalue weighted by atomic mass is 10.2. The third kappa shape index (κ3) is 7.44. The molecule has 1 fully saturated rings. The van der Waals surface area contributed by atoms with Gasteiger partial charge in [0.25, 0.3) is 5.91 Å². The summed E-state index contributed by atoms with van der Waals surface area (Å²) < 4.78 is 53.4. The monoisotopic (exact) mass is 531 g/mol. The van der Waals surface area contributed by atoms with Crippen molar-refractivity contribution < 1.29 is 32.2 Å². The van der Waals surface area contributed by atoms with Gasteiger partial charge in [0.15, 0.2) is 11.7 Å². The average Bonchev–Trinajstić information content (AvgIpc) is 3.21. The Kier molecular flexibility index (Phi) is 9.17. The fourth-order valence-corrected chi connectivity index (χ4v) is 4.57. The molecule has 1 aliphatic heterocycles. The Labute approximate surface area is 210 Å². The first-order chi connectivity index (χ1) is 16.3. The van der Waals surface area contributed by atoms with E-state index in [0.29, 0.717) is 47.4 Å². The van der Waals surface area contributed by atoms with Gasteiger partial charge in [-0.05, 0) is 30.7 Å². The smallest absolute Gasteiger partial charge is 0.483 e. The number of nitrogens with zero attached hydrogens (tertiary/aromatic N) is 3. The molecule has 2 heterocycles. The van der Waals surface area contributed by atoms with E-state index < -0.39 is 6.36 Å². The highest BCUT2D eigenvalue weighted by Crippen LogP contribution is 2.33. The molecule has 0 N–H and O–H groups in total. The van der Waals surface area contributed by atoms with E-state index in [4.69, 9.17) is 9.47 Å². The summed E-state index contributed by atoms with van der Waals surface area (Å²) in [5, 5.41) is 0.394. The van der Waals surface area contributed by atoms with Crippen LogP contribution in [0, 0.1) is 6.92 Å². The zero-order valence-corrected chi connectivity index (χ0v) is 20.5. The molecule has 7 nitrogen and oxygen atoms in total. The molecule has 0 saturated carbocycles. The molecule has 190 valence electrons. The highest BCUT2D eigenvalue weighted by atomic mass is 35.5. The van der Waals surface area contributed by atoms with E-state index in [1.54, 1.807) is 6.07 Å². The molecule has 1 aromatic heterocycles. The van der Waals surface area contributed by atoms with Gasteiger partial charge < -0.3 is 14.2 Å². The molecule has 0 aliphatic carbocycles. The molecule has 0 atom stereocenters. The van der Waals surface area contributed by atoms with Crippen molar-refractivity contribution in [2.24, 2.45) is 0 Å². The molecular formula is C23H25ClF3N3O4S. The van der Waals surface area contributed by atoms with Crippen molar-refractivity contribution in [2.75, 3.05) is 50.9 Å². The summed E-state index contributed by atoms with van der Waals surface area (Å²) in [6, 6.07) is 11.3. The van der Waals surface area contributed by atoms with Crippen molar-refractivity contribution in [1.82, 2.24) is 9.88 Å². The van der Waals surface area contributed by atoms with E-state index in [2.05, 4.69) is 14.6 Å². The summed E-state index contributed by atoms with van der Waals surface area (Å²) in [4.78, 5) is 21.4. The van der Waals surface area contributed by atoms with E-state index in [0.717, 1.165) is 30.0 Å². The number of fused-ring (bicyclic) bond motifs is 1. The zero-order valence-electron chi connectivity index (χ0n) is 18.9. The second-order valence-electron chi connectivity index (χ2n) is 7.73. The van der Waals surface area contributed by atoms with Gasteiger partial charge in [-0.3, -0.25) is 14.6 Å². The van der Waals surface area contributed by atoms with Crippen LogP contribution >= 0.6 is 23.7 Å². The Balaban J connectivity index is 0.00000342. The Bertz CT molecular complexity index is 1140. The normalized spacial score (nSPS) is 14.4. The molecule has 0 unspecified atom stereocenters. The van der Waals surface area contributed by atoms with Crippen LogP contribution < -0.4 is 14.4 Å². The number of benzene rings is 2. The Morgan fingerprint density at radius 2 is 1.94 bits per heavy atom. The molecule has 0 radical (unpaired) electrons. The Hall–Kier alpha value is -2.60. The lowest BCUT2D eigenvalue weighted by Gasteiger charge is -2.29. The van der Waals surface area contributed by atoms with Gasteiger partial charge in [-0.1, -0.05) is 29.5 Å². The number of alkyl halides is 3. The second kappa shape index (κ2) is 11.9. The van der Waals surface area contributed by atoms with Crippen LogP contribution in [0.15, 0.2) is 42.5 Å². The predicted octanol–water partition coefficient (Wildman–Crippen LogP) is 4.67. The molecule has 0 bridgehead atoms. The van der Waals surface area contributed by atoms with Crippen molar-refractivity contribution in [3.05, 3.63) is 48.0 Å². The van der Waals surface area contributed by atoms with Crippen LogP contribution in [0.1, 0.15) is 5.56 Å². The molecule has 4 rings (SSSR count). The predicted molar refractivity (Wildman–Crippen MR) is 130 cm³/mol.